The van der Waals surface area contributed by atoms with Crippen molar-refractivity contribution in [3.8, 4) is 0 Å². The Morgan fingerprint density at radius 1 is 1.43 bits per heavy atom. The molecule has 0 aliphatic rings. The summed E-state index contributed by atoms with van der Waals surface area (Å²) in [6.07, 6.45) is 0.512. The number of hydrogen-bond donors (Lipinski definition) is 3. The molecule has 0 aliphatic heterocycles. The predicted octanol–water partition coefficient (Wildman–Crippen LogP) is -0.253. The molecular weight excluding hydrogens is 186 g/mol. The SMILES string of the molecule is CONC(=O)C(CC(C)C)NC(N)=O. The third kappa shape index (κ3) is 5.36. The van der Waals surface area contributed by atoms with E-state index in [0.29, 0.717) is 6.42 Å². The monoisotopic (exact) mass is 203 g/mol. The van der Waals surface area contributed by atoms with Crippen LogP contribution in [-0.4, -0.2) is 25.1 Å². The van der Waals surface area contributed by atoms with Crippen molar-refractivity contribution >= 4 is 11.9 Å². The lowest BCUT2D eigenvalue weighted by atomic mass is 10.0. The normalized spacial score (nSPS) is 12.3. The molecule has 1 atom stereocenters. The van der Waals surface area contributed by atoms with Gasteiger partial charge in [0, 0.05) is 0 Å². The van der Waals surface area contributed by atoms with E-state index in [2.05, 4.69) is 15.6 Å². The second-order valence-corrected chi connectivity index (χ2v) is 3.36. The molecule has 6 nitrogen and oxygen atoms in total. The van der Waals surface area contributed by atoms with Gasteiger partial charge < -0.3 is 11.1 Å². The Labute approximate surface area is 83.1 Å². The van der Waals surface area contributed by atoms with Gasteiger partial charge in [-0.05, 0) is 12.3 Å². The van der Waals surface area contributed by atoms with E-state index < -0.39 is 18.0 Å². The molecule has 0 bridgehead atoms. The first-order valence-electron chi connectivity index (χ1n) is 4.36. The van der Waals surface area contributed by atoms with E-state index in [4.69, 9.17) is 5.73 Å². The van der Waals surface area contributed by atoms with Gasteiger partial charge in [0.1, 0.15) is 6.04 Å². The quantitative estimate of drug-likeness (QED) is 0.538. The summed E-state index contributed by atoms with van der Waals surface area (Å²) < 4.78 is 0. The lowest BCUT2D eigenvalue weighted by Crippen LogP contribution is -2.48. The summed E-state index contributed by atoms with van der Waals surface area (Å²) in [5, 5.41) is 2.34. The molecule has 0 aromatic carbocycles. The van der Waals surface area contributed by atoms with Crippen LogP contribution in [0, 0.1) is 5.92 Å². The number of nitrogens with two attached hydrogens (primary N) is 1. The van der Waals surface area contributed by atoms with E-state index in [0.717, 1.165) is 0 Å². The molecule has 0 aromatic rings. The summed E-state index contributed by atoms with van der Waals surface area (Å²) in [5.41, 5.74) is 7.08. The molecule has 0 heterocycles. The number of hydrogen-bond acceptors (Lipinski definition) is 3. The first-order valence-corrected chi connectivity index (χ1v) is 4.36. The Kier molecular flexibility index (Phi) is 5.62. The first kappa shape index (κ1) is 12.7. The van der Waals surface area contributed by atoms with E-state index in [1.165, 1.54) is 7.11 Å². The standard InChI is InChI=1S/C8H17N3O3/c1-5(2)4-6(10-8(9)13)7(12)11-14-3/h5-6H,4H2,1-3H3,(H,11,12)(H3,9,10,13). The number of carbonyl (C=O) groups is 2. The van der Waals surface area contributed by atoms with Crippen molar-refractivity contribution in [3.05, 3.63) is 0 Å². The second kappa shape index (κ2) is 6.20. The average Bonchev–Trinajstić information content (AvgIpc) is 2.01. The fourth-order valence-electron chi connectivity index (χ4n) is 1.05. The first-order chi connectivity index (χ1) is 6.47. The summed E-state index contributed by atoms with van der Waals surface area (Å²) in [7, 11) is 1.33. The minimum absolute atomic E-state index is 0.273. The number of rotatable bonds is 5. The Balaban J connectivity index is 4.22. The van der Waals surface area contributed by atoms with Crippen LogP contribution in [0.15, 0.2) is 0 Å². The van der Waals surface area contributed by atoms with Crippen molar-refractivity contribution in [2.45, 2.75) is 26.3 Å². The molecule has 0 aromatic heterocycles. The molecule has 6 heteroatoms. The molecule has 0 spiro atoms. The molecule has 1 unspecified atom stereocenters. The van der Waals surface area contributed by atoms with Gasteiger partial charge in [-0.2, -0.15) is 0 Å². The molecule has 0 rings (SSSR count). The number of hydroxylamine groups is 1. The third-order valence-corrected chi connectivity index (χ3v) is 1.54. The number of amides is 3. The highest BCUT2D eigenvalue weighted by atomic mass is 16.6. The lowest BCUT2D eigenvalue weighted by molar-refractivity contribution is -0.133. The molecule has 3 amide bonds. The number of urea groups is 1. The van der Waals surface area contributed by atoms with Gasteiger partial charge in [0.05, 0.1) is 7.11 Å². The van der Waals surface area contributed by atoms with Crippen molar-refractivity contribution < 1.29 is 14.4 Å². The summed E-state index contributed by atoms with van der Waals surface area (Å²) in [6.45, 7) is 3.88. The number of carbonyl (C=O) groups excluding carboxylic acids is 2. The number of primary amides is 1. The predicted molar refractivity (Wildman–Crippen MR) is 51.1 cm³/mol. The maximum Gasteiger partial charge on any atom is 0.312 e. The van der Waals surface area contributed by atoms with Gasteiger partial charge in [0.15, 0.2) is 0 Å². The van der Waals surface area contributed by atoms with Gasteiger partial charge >= 0.3 is 6.03 Å². The molecule has 0 saturated carbocycles. The molecule has 0 saturated heterocycles. The van der Waals surface area contributed by atoms with Crippen LogP contribution in [0.25, 0.3) is 0 Å². The van der Waals surface area contributed by atoms with Gasteiger partial charge in [-0.15, -0.1) is 0 Å². The maximum atomic E-state index is 11.3. The van der Waals surface area contributed by atoms with Crippen LogP contribution < -0.4 is 16.5 Å². The van der Waals surface area contributed by atoms with E-state index in [9.17, 15) is 9.59 Å². The number of nitrogens with one attached hydrogen (secondary N) is 2. The van der Waals surface area contributed by atoms with Crippen LogP contribution in [0.3, 0.4) is 0 Å². The molecule has 14 heavy (non-hydrogen) atoms. The van der Waals surface area contributed by atoms with Crippen molar-refractivity contribution in [1.29, 1.82) is 0 Å². The van der Waals surface area contributed by atoms with Gasteiger partial charge in [0.2, 0.25) is 0 Å². The van der Waals surface area contributed by atoms with E-state index in [-0.39, 0.29) is 5.92 Å². The van der Waals surface area contributed by atoms with Gasteiger partial charge in [0.25, 0.3) is 5.91 Å². The van der Waals surface area contributed by atoms with Crippen molar-refractivity contribution in [3.63, 3.8) is 0 Å². The smallest absolute Gasteiger partial charge is 0.312 e. The van der Waals surface area contributed by atoms with Crippen molar-refractivity contribution in [2.75, 3.05) is 7.11 Å². The second-order valence-electron chi connectivity index (χ2n) is 3.36. The highest BCUT2D eigenvalue weighted by molar-refractivity contribution is 5.85. The molecule has 82 valence electrons. The average molecular weight is 203 g/mol. The Hall–Kier alpha value is -1.30. The topological polar surface area (TPSA) is 93.4 Å². The molecular formula is C8H17N3O3. The summed E-state index contributed by atoms with van der Waals surface area (Å²) in [5.74, 6) is -0.130. The molecule has 0 radical (unpaired) electrons. The largest absolute Gasteiger partial charge is 0.352 e. The third-order valence-electron chi connectivity index (χ3n) is 1.54. The summed E-state index contributed by atoms with van der Waals surface area (Å²) >= 11 is 0. The fraction of sp³-hybridized carbons (Fsp3) is 0.750. The Morgan fingerprint density at radius 2 is 2.00 bits per heavy atom. The highest BCUT2D eigenvalue weighted by Gasteiger charge is 2.20. The van der Waals surface area contributed by atoms with Gasteiger partial charge in [-0.25, -0.2) is 10.3 Å². The van der Waals surface area contributed by atoms with Crippen LogP contribution in [0.4, 0.5) is 4.79 Å². The van der Waals surface area contributed by atoms with Gasteiger partial charge in [-0.3, -0.25) is 9.63 Å². The van der Waals surface area contributed by atoms with E-state index in [1.54, 1.807) is 0 Å². The fourth-order valence-corrected chi connectivity index (χ4v) is 1.05. The Bertz CT molecular complexity index is 206. The van der Waals surface area contributed by atoms with E-state index >= 15 is 0 Å². The van der Waals surface area contributed by atoms with Crippen molar-refractivity contribution in [2.24, 2.45) is 11.7 Å². The summed E-state index contributed by atoms with van der Waals surface area (Å²) in [4.78, 5) is 26.4. The minimum Gasteiger partial charge on any atom is -0.352 e. The molecule has 4 N–H and O–H groups in total. The van der Waals surface area contributed by atoms with Gasteiger partial charge in [-0.1, -0.05) is 13.8 Å². The minimum atomic E-state index is -0.720. The highest BCUT2D eigenvalue weighted by Crippen LogP contribution is 2.04. The van der Waals surface area contributed by atoms with Crippen LogP contribution in [-0.2, 0) is 9.63 Å². The van der Waals surface area contributed by atoms with Crippen molar-refractivity contribution in [1.82, 2.24) is 10.8 Å². The van der Waals surface area contributed by atoms with Crippen LogP contribution >= 0.6 is 0 Å². The molecule has 0 fully saturated rings. The van der Waals surface area contributed by atoms with Crippen LogP contribution in [0.1, 0.15) is 20.3 Å². The molecule has 0 aliphatic carbocycles. The maximum absolute atomic E-state index is 11.3. The zero-order valence-electron chi connectivity index (χ0n) is 8.66. The zero-order valence-corrected chi connectivity index (χ0v) is 8.66. The van der Waals surface area contributed by atoms with Crippen LogP contribution in [0.5, 0.6) is 0 Å². The van der Waals surface area contributed by atoms with Crippen LogP contribution in [0.2, 0.25) is 0 Å². The zero-order chi connectivity index (χ0) is 11.1. The Morgan fingerprint density at radius 3 is 2.36 bits per heavy atom. The lowest BCUT2D eigenvalue weighted by Gasteiger charge is -2.17. The summed E-state index contributed by atoms with van der Waals surface area (Å²) in [6, 6.07) is -1.37. The van der Waals surface area contributed by atoms with E-state index in [1.807, 2.05) is 13.8 Å².